The molecule has 0 spiro atoms. The number of likely N-dealkylation sites (N-methyl/N-ethyl adjacent to an activating group) is 1. The molecule has 23 heavy (non-hydrogen) atoms. The lowest BCUT2D eigenvalue weighted by Crippen LogP contribution is -2.33. The van der Waals surface area contributed by atoms with Crippen molar-refractivity contribution in [2.45, 2.75) is 24.0 Å². The summed E-state index contributed by atoms with van der Waals surface area (Å²) in [5.74, 6) is -1.35. The first kappa shape index (κ1) is 17.5. The zero-order valence-electron chi connectivity index (χ0n) is 13.1. The summed E-state index contributed by atoms with van der Waals surface area (Å²) < 4.78 is 27.0. The molecule has 122 valence electrons. The molecule has 0 bridgehead atoms. The third-order valence-corrected chi connectivity index (χ3v) is 4.83. The number of carbonyl (C=O) groups is 1. The fourth-order valence-electron chi connectivity index (χ4n) is 2.29. The van der Waals surface area contributed by atoms with Crippen LogP contribution in [0.4, 0.5) is 8.78 Å². The molecular weight excluding hydrogens is 316 g/mol. The van der Waals surface area contributed by atoms with E-state index < -0.39 is 16.9 Å². The van der Waals surface area contributed by atoms with Crippen LogP contribution in [-0.4, -0.2) is 23.9 Å². The Morgan fingerprint density at radius 2 is 1.74 bits per heavy atom. The quantitative estimate of drug-likeness (QED) is 0.715. The Hall–Kier alpha value is -1.88. The van der Waals surface area contributed by atoms with Crippen LogP contribution in [0.15, 0.2) is 53.4 Å². The molecule has 0 saturated carbocycles. The Balaban J connectivity index is 2.35. The van der Waals surface area contributed by atoms with E-state index in [9.17, 15) is 13.6 Å². The summed E-state index contributed by atoms with van der Waals surface area (Å²) in [5, 5.41) is -0.559. The molecule has 1 atom stereocenters. The van der Waals surface area contributed by atoms with Crippen LogP contribution in [0.2, 0.25) is 0 Å². The average Bonchev–Trinajstić information content (AvgIpc) is 2.56. The molecule has 1 unspecified atom stereocenters. The Kier molecular flexibility index (Phi) is 6.16. The van der Waals surface area contributed by atoms with Crippen LogP contribution >= 0.6 is 11.8 Å². The van der Waals surface area contributed by atoms with Crippen molar-refractivity contribution in [2.24, 2.45) is 0 Å². The maximum absolute atomic E-state index is 14.0. The maximum atomic E-state index is 14.0. The van der Waals surface area contributed by atoms with E-state index in [0.29, 0.717) is 13.1 Å². The van der Waals surface area contributed by atoms with E-state index in [1.165, 1.54) is 12.1 Å². The Morgan fingerprint density at radius 3 is 2.30 bits per heavy atom. The third-order valence-electron chi connectivity index (χ3n) is 3.54. The SMILES string of the molecule is CCN(CC)C(=O)C(Sc1ccc(F)cc1F)c1ccccc1. The summed E-state index contributed by atoms with van der Waals surface area (Å²) in [7, 11) is 0. The minimum atomic E-state index is -0.650. The van der Waals surface area contributed by atoms with Gasteiger partial charge in [-0.15, -0.1) is 11.8 Å². The lowest BCUT2D eigenvalue weighted by molar-refractivity contribution is -0.130. The number of carbonyl (C=O) groups excluding carboxylic acids is 1. The molecule has 0 saturated heterocycles. The van der Waals surface area contributed by atoms with E-state index in [1.807, 2.05) is 44.2 Å². The molecular formula is C18H19F2NOS. The second-order valence-electron chi connectivity index (χ2n) is 4.99. The second-order valence-corrected chi connectivity index (χ2v) is 6.14. The van der Waals surface area contributed by atoms with Crippen molar-refractivity contribution in [1.29, 1.82) is 0 Å². The summed E-state index contributed by atoms with van der Waals surface area (Å²) in [6, 6.07) is 12.7. The van der Waals surface area contributed by atoms with Crippen LogP contribution < -0.4 is 0 Å². The van der Waals surface area contributed by atoms with Crippen molar-refractivity contribution >= 4 is 17.7 Å². The van der Waals surface area contributed by atoms with E-state index in [4.69, 9.17) is 0 Å². The number of nitrogens with zero attached hydrogens (tertiary/aromatic N) is 1. The highest BCUT2D eigenvalue weighted by Gasteiger charge is 2.26. The summed E-state index contributed by atoms with van der Waals surface area (Å²) >= 11 is 1.11. The van der Waals surface area contributed by atoms with Crippen LogP contribution in [0.3, 0.4) is 0 Å². The highest BCUT2D eigenvalue weighted by molar-refractivity contribution is 8.00. The topological polar surface area (TPSA) is 20.3 Å². The van der Waals surface area contributed by atoms with Gasteiger partial charge in [0.1, 0.15) is 16.9 Å². The molecule has 2 aromatic rings. The van der Waals surface area contributed by atoms with Gasteiger partial charge in [0.05, 0.1) is 0 Å². The largest absolute Gasteiger partial charge is 0.342 e. The molecule has 0 aromatic heterocycles. The van der Waals surface area contributed by atoms with E-state index >= 15 is 0 Å². The normalized spacial score (nSPS) is 12.0. The number of halogens is 2. The number of benzene rings is 2. The van der Waals surface area contributed by atoms with Crippen molar-refractivity contribution in [3.05, 3.63) is 65.7 Å². The van der Waals surface area contributed by atoms with Crippen LogP contribution in [0.1, 0.15) is 24.7 Å². The van der Waals surface area contributed by atoms with Gasteiger partial charge in [-0.25, -0.2) is 8.78 Å². The molecule has 2 nitrogen and oxygen atoms in total. The maximum Gasteiger partial charge on any atom is 0.240 e. The number of hydrogen-bond acceptors (Lipinski definition) is 2. The molecule has 0 N–H and O–H groups in total. The molecule has 0 aliphatic carbocycles. The van der Waals surface area contributed by atoms with Gasteiger partial charge in [-0.05, 0) is 31.5 Å². The number of thioether (sulfide) groups is 1. The van der Waals surface area contributed by atoms with E-state index in [-0.39, 0.29) is 10.8 Å². The lowest BCUT2D eigenvalue weighted by atomic mass is 10.1. The monoisotopic (exact) mass is 335 g/mol. The van der Waals surface area contributed by atoms with E-state index in [0.717, 1.165) is 23.4 Å². The minimum absolute atomic E-state index is 0.0741. The smallest absolute Gasteiger partial charge is 0.240 e. The Bertz CT molecular complexity index is 659. The highest BCUT2D eigenvalue weighted by atomic mass is 32.2. The van der Waals surface area contributed by atoms with Gasteiger partial charge in [0.15, 0.2) is 0 Å². The van der Waals surface area contributed by atoms with Gasteiger partial charge in [-0.1, -0.05) is 30.3 Å². The van der Waals surface area contributed by atoms with Crippen LogP contribution in [0, 0.1) is 11.6 Å². The van der Waals surface area contributed by atoms with Gasteiger partial charge in [-0.2, -0.15) is 0 Å². The fraction of sp³-hybridized carbons (Fsp3) is 0.278. The third kappa shape index (κ3) is 4.32. The molecule has 5 heteroatoms. The van der Waals surface area contributed by atoms with Crippen LogP contribution in [0.5, 0.6) is 0 Å². The van der Waals surface area contributed by atoms with E-state index in [1.54, 1.807) is 4.90 Å². The van der Waals surface area contributed by atoms with Crippen LogP contribution in [0.25, 0.3) is 0 Å². The van der Waals surface area contributed by atoms with Crippen molar-refractivity contribution in [3.8, 4) is 0 Å². The summed E-state index contributed by atoms with van der Waals surface area (Å²) in [6.45, 7) is 5.00. The molecule has 1 amide bonds. The van der Waals surface area contributed by atoms with Crippen molar-refractivity contribution < 1.29 is 13.6 Å². The standard InChI is InChI=1S/C18H19F2NOS/c1-3-21(4-2)18(22)17(13-8-6-5-7-9-13)23-16-11-10-14(19)12-15(16)20/h5-12,17H,3-4H2,1-2H3. The van der Waals surface area contributed by atoms with Crippen molar-refractivity contribution in [1.82, 2.24) is 4.90 Å². The van der Waals surface area contributed by atoms with Crippen LogP contribution in [-0.2, 0) is 4.79 Å². The Morgan fingerprint density at radius 1 is 1.09 bits per heavy atom. The van der Waals surface area contributed by atoms with E-state index in [2.05, 4.69) is 0 Å². The van der Waals surface area contributed by atoms with Gasteiger partial charge in [0.25, 0.3) is 0 Å². The zero-order chi connectivity index (χ0) is 16.8. The molecule has 0 aliphatic rings. The highest BCUT2D eigenvalue weighted by Crippen LogP contribution is 2.38. The molecule has 0 aliphatic heterocycles. The number of amides is 1. The first-order valence-electron chi connectivity index (χ1n) is 7.52. The molecule has 2 aromatic carbocycles. The van der Waals surface area contributed by atoms with Gasteiger partial charge in [0.2, 0.25) is 5.91 Å². The predicted octanol–water partition coefficient (Wildman–Crippen LogP) is 4.67. The lowest BCUT2D eigenvalue weighted by Gasteiger charge is -2.25. The Labute approximate surface area is 139 Å². The molecule has 0 heterocycles. The fourth-order valence-corrected chi connectivity index (χ4v) is 3.40. The predicted molar refractivity (Wildman–Crippen MR) is 89.3 cm³/mol. The average molecular weight is 335 g/mol. The van der Waals surface area contributed by atoms with Gasteiger partial charge < -0.3 is 4.90 Å². The summed E-state index contributed by atoms with van der Waals surface area (Å²) in [4.78, 5) is 14.8. The minimum Gasteiger partial charge on any atom is -0.342 e. The van der Waals surface area contributed by atoms with Gasteiger partial charge in [-0.3, -0.25) is 4.79 Å². The second kappa shape index (κ2) is 8.11. The molecule has 0 radical (unpaired) electrons. The van der Waals surface area contributed by atoms with Gasteiger partial charge >= 0.3 is 0 Å². The first-order valence-corrected chi connectivity index (χ1v) is 8.40. The van der Waals surface area contributed by atoms with Crippen molar-refractivity contribution in [3.63, 3.8) is 0 Å². The molecule has 2 rings (SSSR count). The van der Waals surface area contributed by atoms with Crippen molar-refractivity contribution in [2.75, 3.05) is 13.1 Å². The number of hydrogen-bond donors (Lipinski definition) is 0. The summed E-state index contributed by atoms with van der Waals surface area (Å²) in [5.41, 5.74) is 0.804. The summed E-state index contributed by atoms with van der Waals surface area (Å²) in [6.07, 6.45) is 0. The number of rotatable bonds is 6. The first-order chi connectivity index (χ1) is 11.1. The molecule has 0 fully saturated rings. The van der Waals surface area contributed by atoms with Gasteiger partial charge in [0, 0.05) is 24.1 Å². The zero-order valence-corrected chi connectivity index (χ0v) is 13.9.